The van der Waals surface area contributed by atoms with E-state index in [1.165, 1.54) is 0 Å². The molecular weight excluding hydrogens is 308 g/mol. The molecule has 2 rings (SSSR count). The molecule has 2 aromatic rings. The van der Waals surface area contributed by atoms with Crippen molar-refractivity contribution in [3.8, 4) is 5.75 Å². The Morgan fingerprint density at radius 1 is 1.21 bits per heavy atom. The number of benzene rings is 1. The highest BCUT2D eigenvalue weighted by Crippen LogP contribution is 2.29. The summed E-state index contributed by atoms with van der Waals surface area (Å²) in [5.41, 5.74) is 2.16. The van der Waals surface area contributed by atoms with Crippen molar-refractivity contribution in [1.29, 1.82) is 0 Å². The Morgan fingerprint density at radius 3 is 2.37 bits per heavy atom. The number of hydrogen-bond acceptors (Lipinski definition) is 3. The number of carbonyl (C=O) groups is 1. The van der Waals surface area contributed by atoms with E-state index >= 15 is 0 Å². The first-order valence-corrected chi connectivity index (χ1v) is 6.69. The van der Waals surface area contributed by atoms with Crippen molar-refractivity contribution in [2.75, 3.05) is 7.11 Å². The molecule has 0 aliphatic rings. The van der Waals surface area contributed by atoms with Gasteiger partial charge in [0.2, 0.25) is 0 Å². The van der Waals surface area contributed by atoms with Gasteiger partial charge in [-0.05, 0) is 54.9 Å². The van der Waals surface area contributed by atoms with E-state index in [0.717, 1.165) is 15.8 Å². The molecule has 0 atom stereocenters. The Bertz CT molecular complexity index is 641. The van der Waals surface area contributed by atoms with Gasteiger partial charge in [-0.25, -0.2) is 0 Å². The quantitative estimate of drug-likeness (QED) is 0.795. The van der Waals surface area contributed by atoms with E-state index in [1.54, 1.807) is 25.3 Å². The first kappa shape index (κ1) is 13.9. The summed E-state index contributed by atoms with van der Waals surface area (Å²) in [7, 11) is 1.59. The molecule has 0 amide bonds. The van der Waals surface area contributed by atoms with E-state index in [1.807, 2.05) is 20.8 Å². The van der Waals surface area contributed by atoms with Crippen LogP contribution in [0.5, 0.6) is 5.75 Å². The summed E-state index contributed by atoms with van der Waals surface area (Å²) in [5.74, 6) is 2.11. The van der Waals surface area contributed by atoms with Crippen molar-refractivity contribution in [3.05, 3.63) is 50.9 Å². The molecule has 0 N–H and O–H groups in total. The van der Waals surface area contributed by atoms with Crippen LogP contribution in [0, 0.1) is 20.8 Å². The minimum Gasteiger partial charge on any atom is -0.496 e. The van der Waals surface area contributed by atoms with Gasteiger partial charge in [0.05, 0.1) is 17.1 Å². The predicted molar refractivity (Wildman–Crippen MR) is 77.0 cm³/mol. The van der Waals surface area contributed by atoms with E-state index in [2.05, 4.69) is 15.9 Å². The lowest BCUT2D eigenvalue weighted by Gasteiger charge is -2.06. The largest absolute Gasteiger partial charge is 0.496 e. The third kappa shape index (κ3) is 2.45. The maximum atomic E-state index is 12.5. The van der Waals surface area contributed by atoms with Gasteiger partial charge in [-0.15, -0.1) is 0 Å². The Labute approximate surface area is 120 Å². The number of hydrogen-bond donors (Lipinski definition) is 0. The zero-order valence-electron chi connectivity index (χ0n) is 11.3. The lowest BCUT2D eigenvalue weighted by atomic mass is 10.00. The number of ketones is 1. The molecule has 0 spiro atoms. The molecule has 1 aromatic heterocycles. The molecule has 19 heavy (non-hydrogen) atoms. The minimum atomic E-state index is -0.0322. The van der Waals surface area contributed by atoms with E-state index in [4.69, 9.17) is 9.15 Å². The molecule has 4 heteroatoms. The molecule has 0 bridgehead atoms. The van der Waals surface area contributed by atoms with Crippen LogP contribution in [0.3, 0.4) is 0 Å². The van der Waals surface area contributed by atoms with Crippen LogP contribution in [0.2, 0.25) is 0 Å². The van der Waals surface area contributed by atoms with Crippen LogP contribution in [0.25, 0.3) is 0 Å². The van der Waals surface area contributed by atoms with Gasteiger partial charge < -0.3 is 9.15 Å². The maximum absolute atomic E-state index is 12.5. The number of aryl methyl sites for hydroxylation is 2. The monoisotopic (exact) mass is 322 g/mol. The fraction of sp³-hybridized carbons (Fsp3) is 0.267. The second-order valence-electron chi connectivity index (χ2n) is 4.39. The minimum absolute atomic E-state index is 0.0322. The summed E-state index contributed by atoms with van der Waals surface area (Å²) in [6, 6.07) is 5.30. The second-order valence-corrected chi connectivity index (χ2v) is 5.25. The van der Waals surface area contributed by atoms with Crippen LogP contribution in [0.1, 0.15) is 33.0 Å². The number of ether oxygens (including phenoxy) is 1. The summed E-state index contributed by atoms with van der Waals surface area (Å²) in [6.07, 6.45) is 0. The number of furan rings is 1. The van der Waals surface area contributed by atoms with Crippen LogP contribution in [0.4, 0.5) is 0 Å². The molecule has 0 saturated carbocycles. The predicted octanol–water partition coefficient (Wildman–Crippen LogP) is 4.21. The Hall–Kier alpha value is -1.55. The molecule has 1 heterocycles. The average Bonchev–Trinajstić information content (AvgIpc) is 2.62. The number of methoxy groups -OCH3 is 1. The van der Waals surface area contributed by atoms with Crippen LogP contribution >= 0.6 is 15.9 Å². The van der Waals surface area contributed by atoms with Gasteiger partial charge >= 0.3 is 0 Å². The van der Waals surface area contributed by atoms with Crippen molar-refractivity contribution < 1.29 is 13.9 Å². The van der Waals surface area contributed by atoms with E-state index in [9.17, 15) is 4.79 Å². The highest BCUT2D eigenvalue weighted by Gasteiger charge is 2.20. The van der Waals surface area contributed by atoms with Crippen molar-refractivity contribution in [3.63, 3.8) is 0 Å². The molecule has 0 saturated heterocycles. The number of carbonyl (C=O) groups excluding carboxylic acids is 1. The summed E-state index contributed by atoms with van der Waals surface area (Å²) in [5, 5.41) is 0. The Morgan fingerprint density at radius 2 is 1.89 bits per heavy atom. The topological polar surface area (TPSA) is 39.4 Å². The number of halogens is 1. The zero-order chi connectivity index (χ0) is 14.2. The van der Waals surface area contributed by atoms with Crippen LogP contribution in [-0.2, 0) is 0 Å². The van der Waals surface area contributed by atoms with E-state index in [0.29, 0.717) is 22.6 Å². The Kier molecular flexibility index (Phi) is 3.80. The average molecular weight is 323 g/mol. The lowest BCUT2D eigenvalue weighted by molar-refractivity contribution is 0.103. The van der Waals surface area contributed by atoms with Gasteiger partial charge in [-0.1, -0.05) is 0 Å². The molecule has 100 valence electrons. The molecule has 0 radical (unpaired) electrons. The lowest BCUT2D eigenvalue weighted by Crippen LogP contribution is -2.04. The number of rotatable bonds is 3. The molecule has 3 nitrogen and oxygen atoms in total. The molecule has 0 aliphatic carbocycles. The smallest absolute Gasteiger partial charge is 0.196 e. The van der Waals surface area contributed by atoms with Gasteiger partial charge in [-0.3, -0.25) is 4.79 Å². The maximum Gasteiger partial charge on any atom is 0.196 e. The van der Waals surface area contributed by atoms with Gasteiger partial charge in [0.1, 0.15) is 17.3 Å². The SMILES string of the molecule is COc1ccc(C(=O)c2c(C)oc(C)c2C)cc1Br. The fourth-order valence-electron chi connectivity index (χ4n) is 2.08. The normalized spacial score (nSPS) is 10.6. The summed E-state index contributed by atoms with van der Waals surface area (Å²) in [4.78, 5) is 12.5. The zero-order valence-corrected chi connectivity index (χ0v) is 12.9. The molecular formula is C15H15BrO3. The van der Waals surface area contributed by atoms with Crippen molar-refractivity contribution in [2.24, 2.45) is 0 Å². The molecule has 0 aliphatic heterocycles. The van der Waals surface area contributed by atoms with Crippen molar-refractivity contribution in [2.45, 2.75) is 20.8 Å². The van der Waals surface area contributed by atoms with Crippen molar-refractivity contribution >= 4 is 21.7 Å². The third-order valence-corrected chi connectivity index (χ3v) is 3.82. The van der Waals surface area contributed by atoms with Crippen LogP contribution < -0.4 is 4.74 Å². The second kappa shape index (κ2) is 5.21. The van der Waals surface area contributed by atoms with E-state index in [-0.39, 0.29) is 5.78 Å². The van der Waals surface area contributed by atoms with Gasteiger partial charge in [0.25, 0.3) is 0 Å². The standard InChI is InChI=1S/C15H15BrO3/c1-8-9(2)19-10(3)14(8)15(17)11-5-6-13(18-4)12(16)7-11/h5-7H,1-4H3. The van der Waals surface area contributed by atoms with Crippen LogP contribution in [0.15, 0.2) is 27.1 Å². The third-order valence-electron chi connectivity index (χ3n) is 3.20. The summed E-state index contributed by atoms with van der Waals surface area (Å²) < 4.78 is 11.4. The van der Waals surface area contributed by atoms with Gasteiger partial charge in [-0.2, -0.15) is 0 Å². The van der Waals surface area contributed by atoms with Gasteiger partial charge in [0.15, 0.2) is 5.78 Å². The first-order valence-electron chi connectivity index (χ1n) is 5.90. The van der Waals surface area contributed by atoms with Gasteiger partial charge in [0, 0.05) is 11.1 Å². The molecule has 0 fully saturated rings. The molecule has 0 unspecified atom stereocenters. The highest BCUT2D eigenvalue weighted by molar-refractivity contribution is 9.10. The first-order chi connectivity index (χ1) is 8.95. The fourth-order valence-corrected chi connectivity index (χ4v) is 2.62. The molecule has 1 aromatic carbocycles. The summed E-state index contributed by atoms with van der Waals surface area (Å²) >= 11 is 3.39. The van der Waals surface area contributed by atoms with Crippen LogP contribution in [-0.4, -0.2) is 12.9 Å². The highest BCUT2D eigenvalue weighted by atomic mass is 79.9. The summed E-state index contributed by atoms with van der Waals surface area (Å²) in [6.45, 7) is 5.58. The van der Waals surface area contributed by atoms with Crippen molar-refractivity contribution in [1.82, 2.24) is 0 Å². The van der Waals surface area contributed by atoms with E-state index < -0.39 is 0 Å². The Balaban J connectivity index is 2.47.